The standard InChI is InChI=1S/C21H17ClF3N5O/c1-12-7-15-9-16(19-26-27-28-30(19)18(15)8-13(12)2)11-29(20(31)21(23,24)25)10-14-3-5-17(22)6-4-14/h3-9H,10-11H2,1-2H3. The van der Waals surface area contributed by atoms with Gasteiger partial charge in [0.05, 0.1) is 12.1 Å². The first-order chi connectivity index (χ1) is 14.6. The minimum Gasteiger partial charge on any atom is -0.326 e. The van der Waals surface area contributed by atoms with Crippen LogP contribution in [0.3, 0.4) is 0 Å². The molecular formula is C21H17ClF3N5O. The van der Waals surface area contributed by atoms with Crippen LogP contribution in [0.5, 0.6) is 0 Å². The Hall–Kier alpha value is -3.20. The maximum atomic E-state index is 13.3. The number of carbonyl (C=O) groups is 1. The normalized spacial score (nSPS) is 11.9. The molecule has 0 radical (unpaired) electrons. The van der Waals surface area contributed by atoms with Gasteiger partial charge in [0.1, 0.15) is 0 Å². The van der Waals surface area contributed by atoms with E-state index in [2.05, 4.69) is 15.5 Å². The Bertz CT molecular complexity index is 1280. The van der Waals surface area contributed by atoms with E-state index in [0.717, 1.165) is 26.9 Å². The van der Waals surface area contributed by atoms with Gasteiger partial charge in [-0.2, -0.15) is 17.7 Å². The molecule has 0 spiro atoms. The van der Waals surface area contributed by atoms with Crippen LogP contribution in [0.1, 0.15) is 22.3 Å². The maximum Gasteiger partial charge on any atom is 0.471 e. The minimum atomic E-state index is -5.01. The van der Waals surface area contributed by atoms with Crippen LogP contribution in [0.4, 0.5) is 13.2 Å². The predicted octanol–water partition coefficient (Wildman–Crippen LogP) is 4.64. The molecule has 0 saturated heterocycles. The van der Waals surface area contributed by atoms with Gasteiger partial charge in [0.2, 0.25) is 0 Å². The van der Waals surface area contributed by atoms with Crippen molar-refractivity contribution in [1.29, 1.82) is 0 Å². The Kier molecular flexibility index (Phi) is 5.30. The summed E-state index contributed by atoms with van der Waals surface area (Å²) in [6.07, 6.45) is -5.01. The van der Waals surface area contributed by atoms with Gasteiger partial charge in [-0.1, -0.05) is 23.7 Å². The Morgan fingerprint density at radius 3 is 2.42 bits per heavy atom. The van der Waals surface area contributed by atoms with Crippen molar-refractivity contribution in [3.8, 4) is 0 Å². The average molecular weight is 448 g/mol. The quantitative estimate of drug-likeness (QED) is 0.457. The van der Waals surface area contributed by atoms with E-state index in [1.807, 2.05) is 26.0 Å². The van der Waals surface area contributed by atoms with E-state index in [1.165, 1.54) is 4.52 Å². The van der Waals surface area contributed by atoms with Gasteiger partial charge in [-0.05, 0) is 71.3 Å². The highest BCUT2D eigenvalue weighted by Gasteiger charge is 2.42. The molecule has 4 rings (SSSR count). The molecule has 0 fully saturated rings. The van der Waals surface area contributed by atoms with Crippen molar-refractivity contribution < 1.29 is 18.0 Å². The second kappa shape index (κ2) is 7.81. The smallest absolute Gasteiger partial charge is 0.326 e. The van der Waals surface area contributed by atoms with E-state index in [4.69, 9.17) is 11.6 Å². The van der Waals surface area contributed by atoms with Crippen LogP contribution >= 0.6 is 11.6 Å². The molecule has 4 aromatic rings. The Morgan fingerprint density at radius 2 is 1.74 bits per heavy atom. The number of fused-ring (bicyclic) bond motifs is 3. The van der Waals surface area contributed by atoms with Gasteiger partial charge >= 0.3 is 12.1 Å². The topological polar surface area (TPSA) is 63.4 Å². The highest BCUT2D eigenvalue weighted by atomic mass is 35.5. The van der Waals surface area contributed by atoms with Gasteiger partial charge < -0.3 is 4.90 Å². The van der Waals surface area contributed by atoms with Gasteiger partial charge in [0.15, 0.2) is 5.65 Å². The van der Waals surface area contributed by atoms with Crippen LogP contribution in [0.25, 0.3) is 16.6 Å². The van der Waals surface area contributed by atoms with E-state index in [1.54, 1.807) is 30.3 Å². The van der Waals surface area contributed by atoms with Crippen LogP contribution in [0.2, 0.25) is 5.02 Å². The van der Waals surface area contributed by atoms with Gasteiger partial charge in [0, 0.05) is 22.5 Å². The molecule has 0 atom stereocenters. The van der Waals surface area contributed by atoms with Crippen LogP contribution in [-0.2, 0) is 17.9 Å². The van der Waals surface area contributed by atoms with E-state index < -0.39 is 12.1 Å². The molecule has 31 heavy (non-hydrogen) atoms. The number of aryl methyl sites for hydroxylation is 2. The summed E-state index contributed by atoms with van der Waals surface area (Å²) in [5.41, 5.74) is 4.02. The fraction of sp³-hybridized carbons (Fsp3) is 0.238. The molecule has 0 N–H and O–H groups in total. The summed E-state index contributed by atoms with van der Waals surface area (Å²) in [4.78, 5) is 12.9. The highest BCUT2D eigenvalue weighted by molar-refractivity contribution is 6.30. The second-order valence-corrected chi connectivity index (χ2v) is 7.80. The minimum absolute atomic E-state index is 0.242. The molecule has 10 heteroatoms. The number of pyridine rings is 1. The van der Waals surface area contributed by atoms with Gasteiger partial charge in [-0.15, -0.1) is 5.10 Å². The molecule has 2 heterocycles. The molecule has 0 unspecified atom stereocenters. The van der Waals surface area contributed by atoms with Crippen molar-refractivity contribution in [3.05, 3.63) is 69.7 Å². The number of nitrogens with zero attached hydrogens (tertiary/aromatic N) is 5. The Labute approximate surface area is 180 Å². The molecule has 0 bridgehead atoms. The van der Waals surface area contributed by atoms with E-state index in [0.29, 0.717) is 21.8 Å². The zero-order valence-electron chi connectivity index (χ0n) is 16.6. The van der Waals surface area contributed by atoms with Crippen molar-refractivity contribution in [2.24, 2.45) is 0 Å². The van der Waals surface area contributed by atoms with E-state index >= 15 is 0 Å². The number of halogens is 4. The van der Waals surface area contributed by atoms with Crippen molar-refractivity contribution in [1.82, 2.24) is 24.9 Å². The maximum absolute atomic E-state index is 13.3. The number of alkyl halides is 3. The lowest BCUT2D eigenvalue weighted by atomic mass is 10.0. The summed E-state index contributed by atoms with van der Waals surface area (Å²) in [5, 5.41) is 12.9. The molecule has 160 valence electrons. The largest absolute Gasteiger partial charge is 0.471 e. The van der Waals surface area contributed by atoms with E-state index in [-0.39, 0.29) is 13.1 Å². The van der Waals surface area contributed by atoms with Crippen molar-refractivity contribution >= 4 is 34.1 Å². The molecule has 0 saturated carbocycles. The zero-order valence-corrected chi connectivity index (χ0v) is 17.4. The summed E-state index contributed by atoms with van der Waals surface area (Å²) in [7, 11) is 0. The first-order valence-electron chi connectivity index (χ1n) is 9.35. The van der Waals surface area contributed by atoms with Gasteiger partial charge in [-0.3, -0.25) is 4.79 Å². The lowest BCUT2D eigenvalue weighted by Crippen LogP contribution is -2.40. The third-order valence-electron chi connectivity index (χ3n) is 5.14. The van der Waals surface area contributed by atoms with Gasteiger partial charge in [-0.25, -0.2) is 0 Å². The fourth-order valence-electron chi connectivity index (χ4n) is 3.44. The van der Waals surface area contributed by atoms with Crippen LogP contribution in [-0.4, -0.2) is 37.0 Å². The third-order valence-corrected chi connectivity index (χ3v) is 5.39. The predicted molar refractivity (Wildman–Crippen MR) is 110 cm³/mol. The molecule has 6 nitrogen and oxygen atoms in total. The monoisotopic (exact) mass is 447 g/mol. The first kappa shape index (κ1) is 21.0. The number of tetrazole rings is 1. The lowest BCUT2D eigenvalue weighted by molar-refractivity contribution is -0.186. The molecule has 0 aliphatic rings. The van der Waals surface area contributed by atoms with Crippen LogP contribution in [0.15, 0.2) is 42.5 Å². The number of carbonyl (C=O) groups excluding carboxylic acids is 1. The van der Waals surface area contributed by atoms with Crippen molar-refractivity contribution in [2.45, 2.75) is 33.1 Å². The van der Waals surface area contributed by atoms with Crippen LogP contribution < -0.4 is 0 Å². The SMILES string of the molecule is Cc1cc2cc(CN(Cc3ccc(Cl)cc3)C(=O)C(F)(F)F)c3nnnn3c2cc1C. The lowest BCUT2D eigenvalue weighted by Gasteiger charge is -2.24. The summed E-state index contributed by atoms with van der Waals surface area (Å²) in [6.45, 7) is 3.34. The number of hydrogen-bond acceptors (Lipinski definition) is 4. The zero-order chi connectivity index (χ0) is 22.3. The third kappa shape index (κ3) is 4.18. The second-order valence-electron chi connectivity index (χ2n) is 7.36. The van der Waals surface area contributed by atoms with Crippen LogP contribution in [0, 0.1) is 13.8 Å². The molecule has 1 amide bonds. The Balaban J connectivity index is 1.79. The number of hydrogen-bond donors (Lipinski definition) is 0. The average Bonchev–Trinajstić information content (AvgIpc) is 3.20. The molecule has 0 aliphatic heterocycles. The summed E-state index contributed by atoms with van der Waals surface area (Å²) < 4.78 is 41.4. The van der Waals surface area contributed by atoms with Crippen molar-refractivity contribution in [2.75, 3.05) is 0 Å². The number of rotatable bonds is 4. The summed E-state index contributed by atoms with van der Waals surface area (Å²) in [5.74, 6) is -1.94. The molecular weight excluding hydrogens is 431 g/mol. The molecule has 2 aromatic heterocycles. The summed E-state index contributed by atoms with van der Waals surface area (Å²) in [6, 6.07) is 11.9. The molecule has 2 aromatic carbocycles. The molecule has 0 aliphatic carbocycles. The van der Waals surface area contributed by atoms with E-state index in [9.17, 15) is 18.0 Å². The number of benzene rings is 2. The highest BCUT2D eigenvalue weighted by Crippen LogP contribution is 2.26. The Morgan fingerprint density at radius 1 is 1.06 bits per heavy atom. The van der Waals surface area contributed by atoms with Crippen molar-refractivity contribution in [3.63, 3.8) is 0 Å². The number of amides is 1. The number of aromatic nitrogens is 4. The summed E-state index contributed by atoms with van der Waals surface area (Å²) >= 11 is 5.86. The first-order valence-corrected chi connectivity index (χ1v) is 9.73. The van der Waals surface area contributed by atoms with Gasteiger partial charge in [0.25, 0.3) is 0 Å². The fourth-order valence-corrected chi connectivity index (χ4v) is 3.56.